The second kappa shape index (κ2) is 7.24. The number of urea groups is 1. The molecular weight excluding hydrogens is 365 g/mol. The van der Waals surface area contributed by atoms with Gasteiger partial charge in [-0.2, -0.15) is 0 Å². The van der Waals surface area contributed by atoms with Crippen LogP contribution in [0.15, 0.2) is 42.5 Å². The van der Waals surface area contributed by atoms with Crippen molar-refractivity contribution in [1.82, 2.24) is 15.2 Å². The summed E-state index contributed by atoms with van der Waals surface area (Å²) < 4.78 is 13.7. The van der Waals surface area contributed by atoms with E-state index in [1.807, 2.05) is 31.3 Å². The molecule has 0 radical (unpaired) electrons. The summed E-state index contributed by atoms with van der Waals surface area (Å²) >= 11 is 6.15. The van der Waals surface area contributed by atoms with Crippen LogP contribution in [0.1, 0.15) is 23.2 Å². The lowest BCUT2D eigenvalue weighted by atomic mass is 9.91. The number of aromatic nitrogens is 1. The molecule has 2 amide bonds. The molecule has 2 aromatic carbocycles. The van der Waals surface area contributed by atoms with Gasteiger partial charge < -0.3 is 15.2 Å². The van der Waals surface area contributed by atoms with Crippen molar-refractivity contribution in [2.45, 2.75) is 31.8 Å². The summed E-state index contributed by atoms with van der Waals surface area (Å²) in [6.45, 7) is 0.388. The lowest BCUT2D eigenvalue weighted by Gasteiger charge is -2.31. The van der Waals surface area contributed by atoms with E-state index < -0.39 is 0 Å². The summed E-state index contributed by atoms with van der Waals surface area (Å²) in [5, 5.41) is 4.49. The molecule has 0 saturated carbocycles. The summed E-state index contributed by atoms with van der Waals surface area (Å²) in [6, 6.07) is 12.2. The number of hydrogen-bond donors (Lipinski definition) is 2. The number of nitrogens with zero attached hydrogens (tertiary/aromatic N) is 1. The maximum Gasteiger partial charge on any atom is 0.317 e. The van der Waals surface area contributed by atoms with E-state index in [2.05, 4.69) is 10.3 Å². The largest absolute Gasteiger partial charge is 0.358 e. The molecular formula is C21H21ClFN3O. The van der Waals surface area contributed by atoms with Crippen LogP contribution < -0.4 is 5.32 Å². The zero-order chi connectivity index (χ0) is 19.0. The zero-order valence-electron chi connectivity index (χ0n) is 15.1. The number of hydrogen-bond acceptors (Lipinski definition) is 1. The Morgan fingerprint density at radius 2 is 2.15 bits per heavy atom. The first-order valence-electron chi connectivity index (χ1n) is 9.06. The smallest absolute Gasteiger partial charge is 0.317 e. The van der Waals surface area contributed by atoms with Crippen LogP contribution in [-0.4, -0.2) is 29.0 Å². The molecule has 0 bridgehead atoms. The molecule has 0 spiro atoms. The van der Waals surface area contributed by atoms with Gasteiger partial charge in [-0.1, -0.05) is 29.8 Å². The number of carbonyl (C=O) groups excluding carboxylic acids is 1. The van der Waals surface area contributed by atoms with E-state index in [0.717, 1.165) is 47.0 Å². The minimum Gasteiger partial charge on any atom is -0.358 e. The number of benzene rings is 2. The topological polar surface area (TPSA) is 48.1 Å². The second-order valence-electron chi connectivity index (χ2n) is 7.03. The highest BCUT2D eigenvalue weighted by molar-refractivity contribution is 6.31. The SMILES string of the molecule is CN(C(=O)NCc1ccccc1Cl)C1CCc2[nH]c3ccc(F)cc3c2C1. The standard InChI is InChI=1S/C21H21ClFN3O/c1-26(21(27)24-12-13-4-2-3-5-18(13)22)15-7-9-20-17(11-15)16-10-14(23)6-8-19(16)25-20/h2-6,8,10,15,25H,7,9,11-12H2,1H3,(H,24,27). The third-order valence-electron chi connectivity index (χ3n) is 5.38. The van der Waals surface area contributed by atoms with E-state index in [1.54, 1.807) is 17.0 Å². The highest BCUT2D eigenvalue weighted by atomic mass is 35.5. The second-order valence-corrected chi connectivity index (χ2v) is 7.44. The maximum atomic E-state index is 13.7. The Kier molecular flexibility index (Phi) is 4.79. The van der Waals surface area contributed by atoms with Gasteiger partial charge in [-0.05, 0) is 54.7 Å². The zero-order valence-corrected chi connectivity index (χ0v) is 15.8. The van der Waals surface area contributed by atoms with Gasteiger partial charge in [-0.25, -0.2) is 9.18 Å². The van der Waals surface area contributed by atoms with Crippen LogP contribution in [0.25, 0.3) is 10.9 Å². The lowest BCUT2D eigenvalue weighted by Crippen LogP contribution is -2.45. The number of likely N-dealkylation sites (N-methyl/N-ethyl adjacent to an activating group) is 1. The summed E-state index contributed by atoms with van der Waals surface area (Å²) in [5.41, 5.74) is 4.11. The van der Waals surface area contributed by atoms with Crippen LogP contribution in [0.2, 0.25) is 5.02 Å². The fraction of sp³-hybridized carbons (Fsp3) is 0.286. The number of aryl methyl sites for hydroxylation is 1. The van der Waals surface area contributed by atoms with Crippen LogP contribution in [0, 0.1) is 5.82 Å². The molecule has 1 aromatic heterocycles. The number of aromatic amines is 1. The van der Waals surface area contributed by atoms with Crippen molar-refractivity contribution in [1.29, 1.82) is 0 Å². The molecule has 1 heterocycles. The van der Waals surface area contributed by atoms with Crippen molar-refractivity contribution in [3.8, 4) is 0 Å². The number of amides is 2. The predicted octanol–water partition coefficient (Wildman–Crippen LogP) is 4.66. The van der Waals surface area contributed by atoms with Crippen LogP contribution in [0.3, 0.4) is 0 Å². The molecule has 0 saturated heterocycles. The van der Waals surface area contributed by atoms with E-state index in [4.69, 9.17) is 11.6 Å². The normalized spacial score (nSPS) is 16.2. The Morgan fingerprint density at radius 1 is 1.33 bits per heavy atom. The van der Waals surface area contributed by atoms with Gasteiger partial charge in [0.15, 0.2) is 0 Å². The maximum absolute atomic E-state index is 13.7. The Bertz CT molecular complexity index is 1000. The molecule has 6 heteroatoms. The van der Waals surface area contributed by atoms with Gasteiger partial charge >= 0.3 is 6.03 Å². The summed E-state index contributed by atoms with van der Waals surface area (Å²) in [5.74, 6) is -0.239. The first kappa shape index (κ1) is 17.9. The summed E-state index contributed by atoms with van der Waals surface area (Å²) in [6.07, 6.45) is 2.44. The van der Waals surface area contributed by atoms with Crippen molar-refractivity contribution >= 4 is 28.5 Å². The molecule has 1 unspecified atom stereocenters. The minimum atomic E-state index is -0.239. The van der Waals surface area contributed by atoms with Crippen LogP contribution in [-0.2, 0) is 19.4 Å². The predicted molar refractivity (Wildman–Crippen MR) is 106 cm³/mol. The molecule has 140 valence electrons. The molecule has 1 aliphatic carbocycles. The number of fused-ring (bicyclic) bond motifs is 3. The Balaban J connectivity index is 1.46. The first-order valence-corrected chi connectivity index (χ1v) is 9.44. The molecule has 0 fully saturated rings. The van der Waals surface area contributed by atoms with Crippen LogP contribution in [0.4, 0.5) is 9.18 Å². The average Bonchev–Trinajstić information content (AvgIpc) is 3.03. The van der Waals surface area contributed by atoms with E-state index in [9.17, 15) is 9.18 Å². The quantitative estimate of drug-likeness (QED) is 0.676. The molecule has 27 heavy (non-hydrogen) atoms. The molecule has 4 nitrogen and oxygen atoms in total. The molecule has 2 N–H and O–H groups in total. The van der Waals surface area contributed by atoms with Crippen LogP contribution >= 0.6 is 11.6 Å². The number of halogens is 2. The van der Waals surface area contributed by atoms with Crippen LogP contribution in [0.5, 0.6) is 0 Å². The van der Waals surface area contributed by atoms with E-state index in [1.165, 1.54) is 6.07 Å². The first-order chi connectivity index (χ1) is 13.0. The van der Waals surface area contributed by atoms with Crippen molar-refractivity contribution in [2.24, 2.45) is 0 Å². The molecule has 1 aliphatic rings. The Hall–Kier alpha value is -2.53. The van der Waals surface area contributed by atoms with Gasteiger partial charge in [-0.3, -0.25) is 0 Å². The van der Waals surface area contributed by atoms with E-state index in [-0.39, 0.29) is 17.9 Å². The van der Waals surface area contributed by atoms with Crippen molar-refractivity contribution in [3.05, 3.63) is 70.1 Å². The number of H-pyrrole nitrogens is 1. The fourth-order valence-corrected chi connectivity index (χ4v) is 4.01. The Labute approximate surface area is 162 Å². The summed E-state index contributed by atoms with van der Waals surface area (Å²) in [4.78, 5) is 17.7. The van der Waals surface area contributed by atoms with Crippen molar-refractivity contribution in [2.75, 3.05) is 7.05 Å². The third-order valence-corrected chi connectivity index (χ3v) is 5.75. The fourth-order valence-electron chi connectivity index (χ4n) is 3.80. The van der Waals surface area contributed by atoms with E-state index >= 15 is 0 Å². The molecule has 0 aliphatic heterocycles. The molecule has 3 aromatic rings. The van der Waals surface area contributed by atoms with Gasteiger partial charge in [0.25, 0.3) is 0 Å². The van der Waals surface area contributed by atoms with E-state index in [0.29, 0.717) is 11.6 Å². The van der Waals surface area contributed by atoms with Crippen molar-refractivity contribution in [3.63, 3.8) is 0 Å². The lowest BCUT2D eigenvalue weighted by molar-refractivity contribution is 0.184. The monoisotopic (exact) mass is 385 g/mol. The molecule has 1 atom stereocenters. The molecule has 4 rings (SSSR count). The average molecular weight is 386 g/mol. The van der Waals surface area contributed by atoms with Gasteiger partial charge in [0, 0.05) is 41.3 Å². The minimum absolute atomic E-state index is 0.0750. The van der Waals surface area contributed by atoms with Gasteiger partial charge in [-0.15, -0.1) is 0 Å². The number of nitrogens with one attached hydrogen (secondary N) is 2. The number of rotatable bonds is 3. The third kappa shape index (κ3) is 3.52. The van der Waals surface area contributed by atoms with Crippen molar-refractivity contribution < 1.29 is 9.18 Å². The highest BCUT2D eigenvalue weighted by Crippen LogP contribution is 2.31. The van der Waals surface area contributed by atoms with Gasteiger partial charge in [0.2, 0.25) is 0 Å². The van der Waals surface area contributed by atoms with Gasteiger partial charge in [0.1, 0.15) is 5.82 Å². The Morgan fingerprint density at radius 3 is 2.96 bits per heavy atom. The highest BCUT2D eigenvalue weighted by Gasteiger charge is 2.27. The van der Waals surface area contributed by atoms with Gasteiger partial charge in [0.05, 0.1) is 0 Å². The number of carbonyl (C=O) groups is 1. The summed E-state index contributed by atoms with van der Waals surface area (Å²) in [7, 11) is 1.81.